The van der Waals surface area contributed by atoms with Crippen molar-refractivity contribution < 1.29 is 4.79 Å². The number of nitrogens with one attached hydrogen (secondary N) is 2. The molecule has 6 heteroatoms. The van der Waals surface area contributed by atoms with Crippen LogP contribution in [-0.4, -0.2) is 73.5 Å². The van der Waals surface area contributed by atoms with Gasteiger partial charge in [0, 0.05) is 38.1 Å². The van der Waals surface area contributed by atoms with Gasteiger partial charge in [-0.25, -0.2) is 0 Å². The van der Waals surface area contributed by atoms with Crippen LogP contribution in [0.1, 0.15) is 64.7 Å². The molecule has 2 aliphatic heterocycles. The molecule has 0 spiro atoms. The number of amides is 1. The summed E-state index contributed by atoms with van der Waals surface area (Å²) >= 11 is 0. The summed E-state index contributed by atoms with van der Waals surface area (Å²) in [7, 11) is 0. The number of likely N-dealkylation sites (tertiary alicyclic amines) is 2. The van der Waals surface area contributed by atoms with Gasteiger partial charge in [-0.15, -0.1) is 0 Å². The van der Waals surface area contributed by atoms with Crippen molar-refractivity contribution in [3.05, 3.63) is 0 Å². The molecule has 3 fully saturated rings. The van der Waals surface area contributed by atoms with Gasteiger partial charge in [0.1, 0.15) is 0 Å². The normalized spacial score (nSPS) is 25.1. The number of carbonyl (C=O) groups excluding carboxylic acids is 1. The Hall–Kier alpha value is -1.30. The molecule has 0 bridgehead atoms. The van der Waals surface area contributed by atoms with Crippen LogP contribution in [-0.2, 0) is 4.79 Å². The third-order valence-corrected chi connectivity index (χ3v) is 6.24. The molecule has 1 atom stereocenters. The fourth-order valence-corrected chi connectivity index (χ4v) is 4.69. The third-order valence-electron chi connectivity index (χ3n) is 6.24. The lowest BCUT2D eigenvalue weighted by Crippen LogP contribution is -2.45. The van der Waals surface area contributed by atoms with Crippen LogP contribution in [0.5, 0.6) is 0 Å². The Bertz CT molecular complexity index is 483. The summed E-state index contributed by atoms with van der Waals surface area (Å²) < 4.78 is 0. The second-order valence-electron chi connectivity index (χ2n) is 8.41. The van der Waals surface area contributed by atoms with Crippen molar-refractivity contribution in [1.82, 2.24) is 20.4 Å². The molecule has 2 saturated heterocycles. The van der Waals surface area contributed by atoms with Crippen LogP contribution >= 0.6 is 0 Å². The number of hydrogen-bond acceptors (Lipinski definition) is 3. The molecule has 0 aromatic carbocycles. The van der Waals surface area contributed by atoms with Gasteiger partial charge in [-0.1, -0.05) is 19.3 Å². The summed E-state index contributed by atoms with van der Waals surface area (Å²) in [6.07, 6.45) is 10.8. The summed E-state index contributed by atoms with van der Waals surface area (Å²) in [5.74, 6) is 1.59. The van der Waals surface area contributed by atoms with Gasteiger partial charge in [-0.3, -0.25) is 9.79 Å². The van der Waals surface area contributed by atoms with Gasteiger partial charge in [0.2, 0.25) is 5.91 Å². The first-order valence-corrected chi connectivity index (χ1v) is 11.3. The topological polar surface area (TPSA) is 60.0 Å². The lowest BCUT2D eigenvalue weighted by Gasteiger charge is -2.26. The van der Waals surface area contributed by atoms with E-state index in [4.69, 9.17) is 4.99 Å². The fraction of sp³-hybridized carbons (Fsp3) is 0.905. The predicted molar refractivity (Wildman–Crippen MR) is 111 cm³/mol. The first kappa shape index (κ1) is 20.4. The number of aliphatic imine (C=N–C) groups is 1. The molecule has 1 saturated carbocycles. The lowest BCUT2D eigenvalue weighted by molar-refractivity contribution is -0.135. The van der Waals surface area contributed by atoms with E-state index < -0.39 is 0 Å². The number of guanidine groups is 1. The van der Waals surface area contributed by atoms with Crippen molar-refractivity contribution in [3.63, 3.8) is 0 Å². The van der Waals surface area contributed by atoms with E-state index in [0.717, 1.165) is 64.4 Å². The molecule has 1 unspecified atom stereocenters. The van der Waals surface area contributed by atoms with E-state index in [1.807, 2.05) is 0 Å². The SMILES string of the molecule is CCNC(=NCCCN1CCCC1)NC1CCN(C(=O)C2CCCCC2)C1. The fourth-order valence-electron chi connectivity index (χ4n) is 4.69. The molecule has 1 amide bonds. The number of nitrogens with zero attached hydrogens (tertiary/aromatic N) is 3. The summed E-state index contributed by atoms with van der Waals surface area (Å²) in [5, 5.41) is 6.93. The summed E-state index contributed by atoms with van der Waals surface area (Å²) in [5.41, 5.74) is 0. The van der Waals surface area contributed by atoms with Gasteiger partial charge >= 0.3 is 0 Å². The second kappa shape index (κ2) is 10.9. The zero-order valence-electron chi connectivity index (χ0n) is 17.2. The van der Waals surface area contributed by atoms with E-state index in [9.17, 15) is 4.79 Å². The van der Waals surface area contributed by atoms with Gasteiger partial charge in [-0.2, -0.15) is 0 Å². The molecule has 3 rings (SSSR count). The Balaban J connectivity index is 1.40. The lowest BCUT2D eigenvalue weighted by atomic mass is 9.88. The van der Waals surface area contributed by atoms with Gasteiger partial charge in [0.15, 0.2) is 5.96 Å². The van der Waals surface area contributed by atoms with Crippen LogP contribution < -0.4 is 10.6 Å². The molecule has 2 heterocycles. The second-order valence-corrected chi connectivity index (χ2v) is 8.41. The molecule has 0 aromatic heterocycles. The van der Waals surface area contributed by atoms with E-state index in [1.54, 1.807) is 0 Å². The highest BCUT2D eigenvalue weighted by atomic mass is 16.2. The Kier molecular flexibility index (Phi) is 8.24. The predicted octanol–water partition coefficient (Wildman–Crippen LogP) is 2.21. The Labute approximate surface area is 165 Å². The monoisotopic (exact) mass is 377 g/mol. The maximum Gasteiger partial charge on any atom is 0.225 e. The molecule has 0 radical (unpaired) electrons. The summed E-state index contributed by atoms with van der Waals surface area (Å²) in [6.45, 7) is 9.24. The third kappa shape index (κ3) is 6.37. The van der Waals surface area contributed by atoms with Gasteiger partial charge in [-0.05, 0) is 65.1 Å². The molecular weight excluding hydrogens is 338 g/mol. The average Bonchev–Trinajstić information content (AvgIpc) is 3.37. The van der Waals surface area contributed by atoms with Crippen LogP contribution in [0, 0.1) is 5.92 Å². The minimum absolute atomic E-state index is 0.282. The van der Waals surface area contributed by atoms with E-state index in [1.165, 1.54) is 45.2 Å². The molecule has 3 aliphatic rings. The maximum absolute atomic E-state index is 12.7. The minimum atomic E-state index is 0.282. The average molecular weight is 378 g/mol. The Morgan fingerprint density at radius 1 is 1.04 bits per heavy atom. The standard InChI is InChI=1S/C21H39N5O/c1-2-22-21(23-12-8-15-25-13-6-7-14-25)24-19-11-16-26(17-19)20(27)18-9-4-3-5-10-18/h18-19H,2-17H2,1H3,(H2,22,23,24). The smallest absolute Gasteiger partial charge is 0.225 e. The van der Waals surface area contributed by atoms with Crippen LogP contribution in [0.25, 0.3) is 0 Å². The van der Waals surface area contributed by atoms with Gasteiger partial charge < -0.3 is 20.4 Å². The zero-order valence-corrected chi connectivity index (χ0v) is 17.2. The first-order valence-electron chi connectivity index (χ1n) is 11.3. The van der Waals surface area contributed by atoms with Gasteiger partial charge in [0.05, 0.1) is 0 Å². The highest BCUT2D eigenvalue weighted by molar-refractivity contribution is 5.81. The number of rotatable bonds is 7. The highest BCUT2D eigenvalue weighted by Gasteiger charge is 2.31. The van der Waals surface area contributed by atoms with Crippen LogP contribution in [0.15, 0.2) is 4.99 Å². The molecule has 27 heavy (non-hydrogen) atoms. The van der Waals surface area contributed by atoms with Crippen molar-refractivity contribution in [2.45, 2.75) is 70.8 Å². The molecule has 154 valence electrons. The number of carbonyl (C=O) groups is 1. The summed E-state index contributed by atoms with van der Waals surface area (Å²) in [6, 6.07) is 0.328. The van der Waals surface area contributed by atoms with Crippen LogP contribution in [0.2, 0.25) is 0 Å². The van der Waals surface area contributed by atoms with Crippen molar-refractivity contribution in [2.24, 2.45) is 10.9 Å². The van der Waals surface area contributed by atoms with E-state index in [0.29, 0.717) is 11.9 Å². The molecule has 2 N–H and O–H groups in total. The molecule has 1 aliphatic carbocycles. The zero-order chi connectivity index (χ0) is 18.9. The molecular formula is C21H39N5O. The Morgan fingerprint density at radius 3 is 2.56 bits per heavy atom. The van der Waals surface area contributed by atoms with Crippen molar-refractivity contribution in [3.8, 4) is 0 Å². The molecule has 6 nitrogen and oxygen atoms in total. The molecule has 0 aromatic rings. The van der Waals surface area contributed by atoms with E-state index in [2.05, 4.69) is 27.4 Å². The van der Waals surface area contributed by atoms with E-state index >= 15 is 0 Å². The minimum Gasteiger partial charge on any atom is -0.357 e. The maximum atomic E-state index is 12.7. The van der Waals surface area contributed by atoms with E-state index in [-0.39, 0.29) is 5.92 Å². The van der Waals surface area contributed by atoms with Crippen molar-refractivity contribution in [1.29, 1.82) is 0 Å². The quantitative estimate of drug-likeness (QED) is 0.406. The van der Waals surface area contributed by atoms with Gasteiger partial charge in [0.25, 0.3) is 0 Å². The van der Waals surface area contributed by atoms with Crippen LogP contribution in [0.4, 0.5) is 0 Å². The number of hydrogen-bond donors (Lipinski definition) is 2. The van der Waals surface area contributed by atoms with Crippen molar-refractivity contribution >= 4 is 11.9 Å². The Morgan fingerprint density at radius 2 is 1.81 bits per heavy atom. The first-order chi connectivity index (χ1) is 13.3. The van der Waals surface area contributed by atoms with Crippen LogP contribution in [0.3, 0.4) is 0 Å². The van der Waals surface area contributed by atoms with Crippen molar-refractivity contribution in [2.75, 3.05) is 45.8 Å². The highest BCUT2D eigenvalue weighted by Crippen LogP contribution is 2.26. The summed E-state index contributed by atoms with van der Waals surface area (Å²) in [4.78, 5) is 22.1. The largest absolute Gasteiger partial charge is 0.357 e.